The summed E-state index contributed by atoms with van der Waals surface area (Å²) in [6.07, 6.45) is 0.355. The van der Waals surface area contributed by atoms with E-state index in [1.54, 1.807) is 23.3 Å². The lowest BCUT2D eigenvalue weighted by atomic mass is 10.3. The second kappa shape index (κ2) is 8.77. The predicted octanol–water partition coefficient (Wildman–Crippen LogP) is 3.60. The lowest BCUT2D eigenvalue weighted by molar-refractivity contribution is -0.130. The summed E-state index contributed by atoms with van der Waals surface area (Å²) in [5, 5.41) is 9.07. The molecule has 0 aliphatic carbocycles. The number of rotatable bonds is 8. The number of hydrogen-bond donors (Lipinski definition) is 1. The van der Waals surface area contributed by atoms with Crippen LogP contribution in [-0.2, 0) is 11.3 Å². The molecule has 0 aliphatic heterocycles. The number of H-pyrrole nitrogens is 1. The summed E-state index contributed by atoms with van der Waals surface area (Å²) in [5.74, 6) is 1.62. The number of thiophene rings is 1. The number of likely N-dealkylation sites (N-methyl/N-ethyl adjacent to an activating group) is 1. The summed E-state index contributed by atoms with van der Waals surface area (Å²) in [5.41, 5.74) is 0. The standard InChI is InChI=1S/C18H20N4O2S2/c1-21(11-12-24-14-6-3-2-4-7-14)16(23)9-10-22-17(19-20-18(22)25)15-8-5-13-26-15/h2-8,13H,9-12H2,1H3,(H,20,25). The molecule has 2 aromatic heterocycles. The van der Waals surface area contributed by atoms with Crippen LogP contribution in [0.3, 0.4) is 0 Å². The van der Waals surface area contributed by atoms with Crippen LogP contribution < -0.4 is 4.74 Å². The Labute approximate surface area is 161 Å². The number of hydrogen-bond acceptors (Lipinski definition) is 5. The van der Waals surface area contributed by atoms with E-state index in [0.29, 0.717) is 30.9 Å². The molecule has 0 saturated carbocycles. The van der Waals surface area contributed by atoms with Crippen LogP contribution in [0.1, 0.15) is 6.42 Å². The molecule has 8 heteroatoms. The van der Waals surface area contributed by atoms with Crippen LogP contribution in [0, 0.1) is 4.77 Å². The van der Waals surface area contributed by atoms with E-state index >= 15 is 0 Å². The van der Waals surface area contributed by atoms with Gasteiger partial charge in [-0.1, -0.05) is 24.3 Å². The highest BCUT2D eigenvalue weighted by Gasteiger charge is 2.13. The van der Waals surface area contributed by atoms with Gasteiger partial charge >= 0.3 is 0 Å². The zero-order valence-electron chi connectivity index (χ0n) is 14.4. The average molecular weight is 389 g/mol. The van der Waals surface area contributed by atoms with Crippen LogP contribution in [0.25, 0.3) is 10.7 Å². The summed E-state index contributed by atoms with van der Waals surface area (Å²) in [6.45, 7) is 1.48. The second-order valence-electron chi connectivity index (χ2n) is 5.71. The van der Waals surface area contributed by atoms with Crippen LogP contribution in [0.2, 0.25) is 0 Å². The van der Waals surface area contributed by atoms with Crippen molar-refractivity contribution in [2.45, 2.75) is 13.0 Å². The van der Waals surface area contributed by atoms with Gasteiger partial charge in [0, 0.05) is 20.0 Å². The Bertz CT molecular complexity index is 888. The van der Waals surface area contributed by atoms with Crippen LogP contribution in [-0.4, -0.2) is 45.8 Å². The van der Waals surface area contributed by atoms with Crippen molar-refractivity contribution in [2.24, 2.45) is 0 Å². The van der Waals surface area contributed by atoms with E-state index < -0.39 is 0 Å². The van der Waals surface area contributed by atoms with Gasteiger partial charge in [0.15, 0.2) is 10.6 Å². The number of para-hydroxylation sites is 1. The Morgan fingerprint density at radius 3 is 2.85 bits per heavy atom. The van der Waals surface area contributed by atoms with Crippen LogP contribution >= 0.6 is 23.6 Å². The fraction of sp³-hybridized carbons (Fsp3) is 0.278. The van der Waals surface area contributed by atoms with Crippen molar-refractivity contribution in [1.29, 1.82) is 0 Å². The SMILES string of the molecule is CN(CCOc1ccccc1)C(=O)CCn1c(-c2cccs2)n[nH]c1=S. The van der Waals surface area contributed by atoms with E-state index in [2.05, 4.69) is 10.2 Å². The maximum absolute atomic E-state index is 12.4. The van der Waals surface area contributed by atoms with Crippen LogP contribution in [0.15, 0.2) is 47.8 Å². The molecule has 1 aromatic carbocycles. The molecule has 0 fully saturated rings. The largest absolute Gasteiger partial charge is 0.492 e. The zero-order chi connectivity index (χ0) is 18.4. The molecule has 136 valence electrons. The van der Waals surface area contributed by atoms with Gasteiger partial charge in [0.05, 0.1) is 11.4 Å². The van der Waals surface area contributed by atoms with Crippen molar-refractivity contribution in [1.82, 2.24) is 19.7 Å². The molecular formula is C18H20N4O2S2. The van der Waals surface area contributed by atoms with E-state index in [-0.39, 0.29) is 5.91 Å². The molecule has 2 heterocycles. The lowest BCUT2D eigenvalue weighted by Gasteiger charge is -2.18. The third kappa shape index (κ3) is 4.59. The Morgan fingerprint density at radius 1 is 1.31 bits per heavy atom. The first kappa shape index (κ1) is 18.3. The fourth-order valence-corrected chi connectivity index (χ4v) is 3.40. The molecule has 1 amide bonds. The quantitative estimate of drug-likeness (QED) is 0.599. The highest BCUT2D eigenvalue weighted by Crippen LogP contribution is 2.22. The van der Waals surface area contributed by atoms with Crippen molar-refractivity contribution in [2.75, 3.05) is 20.2 Å². The number of ether oxygens (including phenoxy) is 1. The third-order valence-corrected chi connectivity index (χ3v) is 5.09. The van der Waals surface area contributed by atoms with Crippen LogP contribution in [0.4, 0.5) is 0 Å². The van der Waals surface area contributed by atoms with Crippen molar-refractivity contribution in [3.63, 3.8) is 0 Å². The number of carbonyl (C=O) groups is 1. The van der Waals surface area contributed by atoms with E-state index in [1.165, 1.54) is 0 Å². The van der Waals surface area contributed by atoms with Gasteiger partial charge in [-0.2, -0.15) is 5.10 Å². The molecule has 0 spiro atoms. The van der Waals surface area contributed by atoms with Crippen molar-refractivity contribution >= 4 is 29.5 Å². The summed E-state index contributed by atoms with van der Waals surface area (Å²) < 4.78 is 8.03. The Balaban J connectivity index is 1.51. The monoisotopic (exact) mass is 388 g/mol. The Hall–Kier alpha value is -2.45. The molecule has 26 heavy (non-hydrogen) atoms. The summed E-state index contributed by atoms with van der Waals surface area (Å²) >= 11 is 6.88. The minimum atomic E-state index is 0.0434. The molecule has 0 aliphatic rings. The van der Waals surface area contributed by atoms with Gasteiger partial charge in [0.2, 0.25) is 5.91 Å². The molecule has 1 N–H and O–H groups in total. The van der Waals surface area contributed by atoms with Gasteiger partial charge in [-0.05, 0) is 35.8 Å². The smallest absolute Gasteiger partial charge is 0.224 e. The fourth-order valence-electron chi connectivity index (χ4n) is 2.46. The van der Waals surface area contributed by atoms with E-state index in [4.69, 9.17) is 17.0 Å². The van der Waals surface area contributed by atoms with Gasteiger partial charge in [-0.3, -0.25) is 14.5 Å². The third-order valence-electron chi connectivity index (χ3n) is 3.91. The zero-order valence-corrected chi connectivity index (χ0v) is 16.1. The van der Waals surface area contributed by atoms with Gasteiger partial charge in [-0.15, -0.1) is 11.3 Å². The summed E-state index contributed by atoms with van der Waals surface area (Å²) in [6, 6.07) is 13.5. The molecule has 0 unspecified atom stereocenters. The molecule has 0 bridgehead atoms. The summed E-state index contributed by atoms with van der Waals surface area (Å²) in [4.78, 5) is 15.1. The molecule has 0 radical (unpaired) electrons. The maximum atomic E-state index is 12.4. The van der Waals surface area contributed by atoms with Crippen molar-refractivity contribution in [3.05, 3.63) is 52.6 Å². The number of amides is 1. The van der Waals surface area contributed by atoms with E-state index in [9.17, 15) is 4.79 Å². The normalized spacial score (nSPS) is 10.7. The number of carbonyl (C=O) groups excluding carboxylic acids is 1. The topological polar surface area (TPSA) is 63.1 Å². The first-order chi connectivity index (χ1) is 12.6. The lowest BCUT2D eigenvalue weighted by Crippen LogP contribution is -2.31. The number of aromatic nitrogens is 3. The first-order valence-electron chi connectivity index (χ1n) is 8.26. The number of nitrogens with one attached hydrogen (secondary N) is 1. The summed E-state index contributed by atoms with van der Waals surface area (Å²) in [7, 11) is 1.78. The molecule has 3 rings (SSSR count). The van der Waals surface area contributed by atoms with E-state index in [0.717, 1.165) is 16.5 Å². The Morgan fingerprint density at radius 2 is 2.12 bits per heavy atom. The van der Waals surface area contributed by atoms with Gasteiger partial charge < -0.3 is 9.64 Å². The molecule has 3 aromatic rings. The number of nitrogens with zero attached hydrogens (tertiary/aromatic N) is 3. The Kier molecular flexibility index (Phi) is 6.19. The average Bonchev–Trinajstić information content (AvgIpc) is 3.30. The van der Waals surface area contributed by atoms with Crippen molar-refractivity contribution < 1.29 is 9.53 Å². The van der Waals surface area contributed by atoms with Crippen LogP contribution in [0.5, 0.6) is 5.75 Å². The first-order valence-corrected chi connectivity index (χ1v) is 9.55. The van der Waals surface area contributed by atoms with E-state index in [1.807, 2.05) is 52.4 Å². The van der Waals surface area contributed by atoms with Gasteiger partial charge in [0.1, 0.15) is 12.4 Å². The minimum absolute atomic E-state index is 0.0434. The predicted molar refractivity (Wildman–Crippen MR) is 105 cm³/mol. The number of aromatic amines is 1. The molecule has 0 atom stereocenters. The molecule has 6 nitrogen and oxygen atoms in total. The highest BCUT2D eigenvalue weighted by molar-refractivity contribution is 7.71. The van der Waals surface area contributed by atoms with Gasteiger partial charge in [-0.25, -0.2) is 0 Å². The molecular weight excluding hydrogens is 368 g/mol. The van der Waals surface area contributed by atoms with Crippen molar-refractivity contribution in [3.8, 4) is 16.5 Å². The minimum Gasteiger partial charge on any atom is -0.492 e. The maximum Gasteiger partial charge on any atom is 0.224 e. The highest BCUT2D eigenvalue weighted by atomic mass is 32.1. The van der Waals surface area contributed by atoms with Gasteiger partial charge in [0.25, 0.3) is 0 Å². The molecule has 0 saturated heterocycles. The second-order valence-corrected chi connectivity index (χ2v) is 7.04. The number of benzene rings is 1.